The standard InChI is InChI=1S/C22H22Cl2N2O5/c23-16-2-1-3-17(24)19(16)20-15(21(31-25-20)11-4-5-11)10-18(27)30-14-8-12-6-7-13(9-14)26(12)22(28)29/h1-3,11-14H,4-10H2,(H,28,29)/t12-,13+,14-. The third-order valence-corrected chi connectivity index (χ3v) is 7.13. The molecule has 0 unspecified atom stereocenters. The Labute approximate surface area is 189 Å². The van der Waals surface area contributed by atoms with E-state index in [0.717, 1.165) is 25.7 Å². The second-order valence-corrected chi connectivity index (χ2v) is 9.39. The number of amides is 1. The Morgan fingerprint density at radius 1 is 1.13 bits per heavy atom. The lowest BCUT2D eigenvalue weighted by Crippen LogP contribution is -2.48. The van der Waals surface area contributed by atoms with Gasteiger partial charge in [0.15, 0.2) is 0 Å². The highest BCUT2D eigenvalue weighted by Gasteiger charge is 2.44. The van der Waals surface area contributed by atoms with Crippen molar-refractivity contribution >= 4 is 35.3 Å². The number of rotatable bonds is 5. The number of piperidine rings is 1. The minimum atomic E-state index is -0.892. The Hall–Kier alpha value is -2.25. The number of carboxylic acid groups (broad SMARTS) is 1. The number of nitrogens with zero attached hydrogens (tertiary/aromatic N) is 2. The van der Waals surface area contributed by atoms with Crippen molar-refractivity contribution < 1.29 is 24.0 Å². The summed E-state index contributed by atoms with van der Waals surface area (Å²) in [6.07, 6.45) is 3.53. The van der Waals surface area contributed by atoms with Crippen LogP contribution in [0.15, 0.2) is 22.7 Å². The van der Waals surface area contributed by atoms with Gasteiger partial charge in [0.2, 0.25) is 0 Å². The minimum Gasteiger partial charge on any atom is -0.465 e. The molecule has 1 N–H and O–H groups in total. The molecule has 2 bridgehead atoms. The maximum Gasteiger partial charge on any atom is 0.407 e. The van der Waals surface area contributed by atoms with Gasteiger partial charge in [-0.05, 0) is 37.8 Å². The van der Waals surface area contributed by atoms with E-state index in [1.54, 1.807) is 18.2 Å². The van der Waals surface area contributed by atoms with Crippen molar-refractivity contribution in [2.45, 2.75) is 69.1 Å². The lowest BCUT2D eigenvalue weighted by Gasteiger charge is -2.36. The second kappa shape index (κ2) is 8.02. The van der Waals surface area contributed by atoms with Crippen LogP contribution >= 0.6 is 23.2 Å². The topological polar surface area (TPSA) is 92.9 Å². The van der Waals surface area contributed by atoms with E-state index in [4.69, 9.17) is 32.5 Å². The van der Waals surface area contributed by atoms with Crippen LogP contribution in [0.25, 0.3) is 11.3 Å². The monoisotopic (exact) mass is 464 g/mol. The molecule has 3 atom stereocenters. The number of hydrogen-bond acceptors (Lipinski definition) is 5. The van der Waals surface area contributed by atoms with Crippen molar-refractivity contribution in [3.8, 4) is 11.3 Å². The van der Waals surface area contributed by atoms with E-state index in [9.17, 15) is 14.7 Å². The van der Waals surface area contributed by atoms with Crippen LogP contribution in [0.4, 0.5) is 4.79 Å². The number of ether oxygens (including phenoxy) is 1. The first-order valence-electron chi connectivity index (χ1n) is 10.6. The number of carbonyl (C=O) groups is 2. The zero-order valence-corrected chi connectivity index (χ0v) is 18.2. The van der Waals surface area contributed by atoms with Crippen LogP contribution in [0.3, 0.4) is 0 Å². The Balaban J connectivity index is 1.35. The van der Waals surface area contributed by atoms with Crippen LogP contribution in [-0.2, 0) is 16.0 Å². The van der Waals surface area contributed by atoms with Crippen LogP contribution < -0.4 is 0 Å². The summed E-state index contributed by atoms with van der Waals surface area (Å²) in [5.41, 5.74) is 1.71. The maximum atomic E-state index is 12.9. The van der Waals surface area contributed by atoms with Gasteiger partial charge in [-0.1, -0.05) is 34.4 Å². The number of fused-ring (bicyclic) bond motifs is 2. The minimum absolute atomic E-state index is 0.0146. The summed E-state index contributed by atoms with van der Waals surface area (Å²) in [6.45, 7) is 0. The predicted octanol–water partition coefficient (Wildman–Crippen LogP) is 5.28. The van der Waals surface area contributed by atoms with Crippen molar-refractivity contribution in [2.24, 2.45) is 0 Å². The molecule has 1 aromatic heterocycles. The molecule has 3 aliphatic rings. The number of aromatic nitrogens is 1. The van der Waals surface area contributed by atoms with Gasteiger partial charge in [0.1, 0.15) is 17.6 Å². The smallest absolute Gasteiger partial charge is 0.407 e. The fourth-order valence-electron chi connectivity index (χ4n) is 4.99. The van der Waals surface area contributed by atoms with Gasteiger partial charge in [-0.2, -0.15) is 0 Å². The van der Waals surface area contributed by atoms with E-state index in [2.05, 4.69) is 5.16 Å². The average Bonchev–Trinajstić information content (AvgIpc) is 3.41. The number of esters is 1. The third kappa shape index (κ3) is 3.89. The SMILES string of the molecule is O=C(Cc1c(-c2c(Cl)cccc2Cl)noc1C1CC1)O[C@@H]1C[C@H]2CC[C@@H](C1)N2C(=O)O. The molecule has 164 valence electrons. The zero-order chi connectivity index (χ0) is 21.7. The van der Waals surface area contributed by atoms with E-state index in [0.29, 0.717) is 45.5 Å². The van der Waals surface area contributed by atoms with E-state index in [1.165, 1.54) is 4.90 Å². The van der Waals surface area contributed by atoms with Crippen molar-refractivity contribution in [3.05, 3.63) is 39.6 Å². The largest absolute Gasteiger partial charge is 0.465 e. The van der Waals surface area contributed by atoms with Crippen LogP contribution in [0.2, 0.25) is 10.0 Å². The molecular formula is C22H22Cl2N2O5. The first-order valence-corrected chi connectivity index (χ1v) is 11.3. The van der Waals surface area contributed by atoms with E-state index >= 15 is 0 Å². The zero-order valence-electron chi connectivity index (χ0n) is 16.7. The van der Waals surface area contributed by atoms with Crippen molar-refractivity contribution in [2.75, 3.05) is 0 Å². The summed E-state index contributed by atoms with van der Waals surface area (Å²) < 4.78 is 11.4. The number of carbonyl (C=O) groups excluding carboxylic acids is 1. The summed E-state index contributed by atoms with van der Waals surface area (Å²) in [5.74, 6) is 0.575. The van der Waals surface area contributed by atoms with Crippen molar-refractivity contribution in [1.82, 2.24) is 10.1 Å². The van der Waals surface area contributed by atoms with Gasteiger partial charge in [0.25, 0.3) is 0 Å². The summed E-state index contributed by atoms with van der Waals surface area (Å²) in [4.78, 5) is 25.9. The molecule has 7 nitrogen and oxygen atoms in total. The number of benzene rings is 1. The Morgan fingerprint density at radius 3 is 2.35 bits per heavy atom. The number of hydrogen-bond donors (Lipinski definition) is 1. The molecule has 31 heavy (non-hydrogen) atoms. The molecule has 2 aromatic rings. The molecule has 3 fully saturated rings. The van der Waals surface area contributed by atoms with Gasteiger partial charge >= 0.3 is 12.1 Å². The van der Waals surface area contributed by atoms with Gasteiger partial charge in [-0.3, -0.25) is 4.79 Å². The summed E-state index contributed by atoms with van der Waals surface area (Å²) >= 11 is 12.8. The summed E-state index contributed by atoms with van der Waals surface area (Å²) in [6, 6.07) is 5.04. The molecule has 9 heteroatoms. The molecule has 0 spiro atoms. The Bertz CT molecular complexity index is 1000. The molecule has 1 amide bonds. The second-order valence-electron chi connectivity index (χ2n) is 8.58. The molecule has 3 heterocycles. The van der Waals surface area contributed by atoms with Crippen molar-refractivity contribution in [3.63, 3.8) is 0 Å². The van der Waals surface area contributed by atoms with Crippen molar-refractivity contribution in [1.29, 1.82) is 0 Å². The van der Waals surface area contributed by atoms with E-state index < -0.39 is 6.09 Å². The van der Waals surface area contributed by atoms with E-state index in [-0.39, 0.29) is 36.5 Å². The Morgan fingerprint density at radius 2 is 1.77 bits per heavy atom. The summed E-state index contributed by atoms with van der Waals surface area (Å²) in [7, 11) is 0. The highest BCUT2D eigenvalue weighted by Crippen LogP contribution is 2.46. The summed E-state index contributed by atoms with van der Waals surface area (Å²) in [5, 5.41) is 14.5. The predicted molar refractivity (Wildman–Crippen MR) is 113 cm³/mol. The van der Waals surface area contributed by atoms with Crippen LogP contribution in [0.1, 0.15) is 55.8 Å². The fraction of sp³-hybridized carbons (Fsp3) is 0.500. The van der Waals surface area contributed by atoms with Gasteiger partial charge < -0.3 is 19.3 Å². The molecule has 0 radical (unpaired) electrons. The van der Waals surface area contributed by atoms with Gasteiger partial charge in [-0.25, -0.2) is 4.79 Å². The van der Waals surface area contributed by atoms with E-state index in [1.807, 2.05) is 0 Å². The first-order chi connectivity index (χ1) is 14.9. The molecule has 5 rings (SSSR count). The molecule has 1 aromatic carbocycles. The quantitative estimate of drug-likeness (QED) is 0.604. The third-order valence-electron chi connectivity index (χ3n) is 6.50. The lowest BCUT2D eigenvalue weighted by molar-refractivity contribution is -0.151. The van der Waals surface area contributed by atoms with Crippen LogP contribution in [0.5, 0.6) is 0 Å². The molecular weight excluding hydrogens is 443 g/mol. The van der Waals surface area contributed by atoms with Crippen LogP contribution in [-0.4, -0.2) is 45.4 Å². The van der Waals surface area contributed by atoms with Gasteiger partial charge in [0, 0.05) is 42.0 Å². The molecule has 2 saturated heterocycles. The average molecular weight is 465 g/mol. The van der Waals surface area contributed by atoms with Gasteiger partial charge in [-0.15, -0.1) is 0 Å². The number of halogens is 2. The first kappa shape index (κ1) is 20.6. The molecule has 1 saturated carbocycles. The Kier molecular flexibility index (Phi) is 5.34. The molecule has 1 aliphatic carbocycles. The highest BCUT2D eigenvalue weighted by molar-refractivity contribution is 6.39. The molecule has 2 aliphatic heterocycles. The maximum absolute atomic E-state index is 12.9. The normalized spacial score (nSPS) is 25.0. The van der Waals surface area contributed by atoms with Crippen LogP contribution in [0, 0.1) is 0 Å². The van der Waals surface area contributed by atoms with Gasteiger partial charge in [0.05, 0.1) is 16.5 Å². The fourth-order valence-corrected chi connectivity index (χ4v) is 5.56. The highest BCUT2D eigenvalue weighted by atomic mass is 35.5. The lowest BCUT2D eigenvalue weighted by atomic mass is 9.99.